The van der Waals surface area contributed by atoms with Crippen LogP contribution >= 0.6 is 0 Å². The Kier molecular flexibility index (Phi) is 5.04. The van der Waals surface area contributed by atoms with E-state index in [1.54, 1.807) is 24.3 Å². The van der Waals surface area contributed by atoms with Crippen LogP contribution in [0.25, 0.3) is 11.1 Å². The second-order valence-corrected chi connectivity index (χ2v) is 7.02. The van der Waals surface area contributed by atoms with E-state index in [9.17, 15) is 14.7 Å². The van der Waals surface area contributed by atoms with E-state index in [0.29, 0.717) is 5.69 Å². The lowest BCUT2D eigenvalue weighted by Crippen LogP contribution is -2.44. The van der Waals surface area contributed by atoms with E-state index in [-0.39, 0.29) is 12.5 Å². The molecule has 1 aliphatic carbocycles. The van der Waals surface area contributed by atoms with Crippen molar-refractivity contribution in [1.29, 1.82) is 0 Å². The molecule has 0 fully saturated rings. The van der Waals surface area contributed by atoms with Crippen LogP contribution in [0.15, 0.2) is 78.9 Å². The smallest absolute Gasteiger partial charge is 0.415 e. The number of aliphatic carboxylic acids is 1. The Hall–Kier alpha value is -3.60. The van der Waals surface area contributed by atoms with Crippen LogP contribution in [0.3, 0.4) is 0 Å². The van der Waals surface area contributed by atoms with E-state index in [1.807, 2.05) is 42.5 Å². The number of amides is 1. The molecule has 3 aromatic carbocycles. The Morgan fingerprint density at radius 3 is 1.97 bits per heavy atom. The van der Waals surface area contributed by atoms with E-state index in [4.69, 9.17) is 4.74 Å². The molecule has 0 heterocycles. The summed E-state index contributed by atoms with van der Waals surface area (Å²) in [6.45, 7) is 1.61. The van der Waals surface area contributed by atoms with Gasteiger partial charge in [0.15, 0.2) is 0 Å². The maximum absolute atomic E-state index is 12.9. The number of nitrogens with zero attached hydrogens (tertiary/aromatic N) is 1. The molecule has 0 saturated carbocycles. The van der Waals surface area contributed by atoms with E-state index in [0.717, 1.165) is 22.3 Å². The third-order valence-corrected chi connectivity index (χ3v) is 5.31. The van der Waals surface area contributed by atoms with Gasteiger partial charge in [0.05, 0.1) is 0 Å². The first-order valence-electron chi connectivity index (χ1n) is 9.50. The average Bonchev–Trinajstić information content (AvgIpc) is 3.07. The van der Waals surface area contributed by atoms with E-state index >= 15 is 0 Å². The minimum atomic E-state index is -1.10. The van der Waals surface area contributed by atoms with Crippen LogP contribution in [0, 0.1) is 0 Å². The number of fused-ring (bicyclic) bond motifs is 3. The number of carbonyl (C=O) groups is 2. The highest BCUT2D eigenvalue weighted by molar-refractivity contribution is 5.95. The van der Waals surface area contributed by atoms with Gasteiger partial charge in [-0.25, -0.2) is 9.59 Å². The molecule has 1 atom stereocenters. The Morgan fingerprint density at radius 1 is 0.897 bits per heavy atom. The summed E-state index contributed by atoms with van der Waals surface area (Å²) >= 11 is 0. The van der Waals surface area contributed by atoms with Gasteiger partial charge in [-0.3, -0.25) is 4.90 Å². The molecular formula is C24H21NO4. The molecule has 0 radical (unpaired) electrons. The van der Waals surface area contributed by atoms with Crippen molar-refractivity contribution in [2.75, 3.05) is 11.5 Å². The maximum atomic E-state index is 12.9. The first-order valence-corrected chi connectivity index (χ1v) is 9.50. The van der Waals surface area contributed by atoms with Gasteiger partial charge in [-0.2, -0.15) is 0 Å². The number of hydrogen-bond acceptors (Lipinski definition) is 3. The number of carboxylic acids is 1. The monoisotopic (exact) mass is 387 g/mol. The fourth-order valence-corrected chi connectivity index (χ4v) is 3.85. The number of benzene rings is 3. The maximum Gasteiger partial charge on any atom is 0.415 e. The van der Waals surface area contributed by atoms with Crippen molar-refractivity contribution in [2.24, 2.45) is 0 Å². The topological polar surface area (TPSA) is 66.8 Å². The highest BCUT2D eigenvalue weighted by Crippen LogP contribution is 2.44. The molecule has 0 unspecified atom stereocenters. The van der Waals surface area contributed by atoms with Gasteiger partial charge in [0.1, 0.15) is 12.6 Å². The van der Waals surface area contributed by atoms with Crippen LogP contribution in [0.1, 0.15) is 24.0 Å². The fraction of sp³-hybridized carbons (Fsp3) is 0.167. The van der Waals surface area contributed by atoms with Crippen LogP contribution in [-0.4, -0.2) is 29.8 Å². The molecule has 0 saturated heterocycles. The number of hydrogen-bond donors (Lipinski definition) is 1. The van der Waals surface area contributed by atoms with Crippen LogP contribution in [0.2, 0.25) is 0 Å². The standard InChI is InChI=1S/C24H21NO4/c1-16(23(26)27)25(17-9-3-2-4-10-17)24(28)29-15-22-20-13-7-5-11-18(20)19-12-6-8-14-21(19)22/h2-14,16,22H,15H2,1H3,(H,26,27)/t16-/m0/s1. The van der Waals surface area contributed by atoms with Gasteiger partial charge in [-0.15, -0.1) is 0 Å². The van der Waals surface area contributed by atoms with Crippen molar-refractivity contribution in [3.63, 3.8) is 0 Å². The second kappa shape index (κ2) is 7.80. The van der Waals surface area contributed by atoms with Crippen LogP contribution in [0.4, 0.5) is 10.5 Å². The largest absolute Gasteiger partial charge is 0.480 e. The van der Waals surface area contributed by atoms with Crippen molar-refractivity contribution >= 4 is 17.7 Å². The van der Waals surface area contributed by atoms with Crippen molar-refractivity contribution < 1.29 is 19.4 Å². The lowest BCUT2D eigenvalue weighted by atomic mass is 9.98. The number of rotatable bonds is 5. The highest BCUT2D eigenvalue weighted by atomic mass is 16.6. The molecule has 29 heavy (non-hydrogen) atoms. The summed E-state index contributed by atoms with van der Waals surface area (Å²) in [4.78, 5) is 25.6. The highest BCUT2D eigenvalue weighted by Gasteiger charge is 2.32. The number of anilines is 1. The molecule has 0 aliphatic heterocycles. The van der Waals surface area contributed by atoms with Gasteiger partial charge in [0.2, 0.25) is 0 Å². The third kappa shape index (κ3) is 3.47. The Balaban J connectivity index is 1.59. The molecule has 1 amide bonds. The van der Waals surface area contributed by atoms with Gasteiger partial charge < -0.3 is 9.84 Å². The summed E-state index contributed by atoms with van der Waals surface area (Å²) in [5.41, 5.74) is 4.99. The minimum Gasteiger partial charge on any atom is -0.480 e. The van der Waals surface area contributed by atoms with Crippen molar-refractivity contribution in [2.45, 2.75) is 18.9 Å². The average molecular weight is 387 g/mol. The SMILES string of the molecule is C[C@@H](C(=O)O)N(C(=O)OCC1c2ccccc2-c2ccccc21)c1ccccc1. The molecule has 5 heteroatoms. The number of para-hydroxylation sites is 1. The van der Waals surface area contributed by atoms with Gasteiger partial charge in [0, 0.05) is 11.6 Å². The zero-order valence-corrected chi connectivity index (χ0v) is 16.0. The molecule has 4 rings (SSSR count). The van der Waals surface area contributed by atoms with Crippen molar-refractivity contribution in [3.05, 3.63) is 90.0 Å². The second-order valence-electron chi connectivity index (χ2n) is 7.02. The molecule has 0 spiro atoms. The molecular weight excluding hydrogens is 366 g/mol. The zero-order chi connectivity index (χ0) is 20.4. The Bertz CT molecular complexity index is 1000. The normalized spacial score (nSPS) is 13.3. The quantitative estimate of drug-likeness (QED) is 0.675. The summed E-state index contributed by atoms with van der Waals surface area (Å²) in [7, 11) is 0. The minimum absolute atomic E-state index is 0.0795. The lowest BCUT2D eigenvalue weighted by molar-refractivity contribution is -0.138. The summed E-state index contributed by atoms with van der Waals surface area (Å²) in [5, 5.41) is 9.45. The van der Waals surface area contributed by atoms with Crippen LogP contribution in [-0.2, 0) is 9.53 Å². The summed E-state index contributed by atoms with van der Waals surface area (Å²) < 4.78 is 5.65. The number of carboxylic acid groups (broad SMARTS) is 1. The van der Waals surface area contributed by atoms with Crippen LogP contribution < -0.4 is 4.90 Å². The van der Waals surface area contributed by atoms with Gasteiger partial charge in [-0.05, 0) is 41.3 Å². The first kappa shape index (κ1) is 18.7. The molecule has 3 aromatic rings. The summed E-state index contributed by atoms with van der Waals surface area (Å²) in [6.07, 6.45) is -0.673. The Morgan fingerprint density at radius 2 is 1.41 bits per heavy atom. The predicted octanol–water partition coefficient (Wildman–Crippen LogP) is 4.92. The zero-order valence-electron chi connectivity index (χ0n) is 16.0. The summed E-state index contributed by atoms with van der Waals surface area (Å²) in [6, 6.07) is 23.8. The fourth-order valence-electron chi connectivity index (χ4n) is 3.85. The number of ether oxygens (including phenoxy) is 1. The molecule has 0 bridgehead atoms. The predicted molar refractivity (Wildman–Crippen MR) is 111 cm³/mol. The van der Waals surface area contributed by atoms with Crippen molar-refractivity contribution in [3.8, 4) is 11.1 Å². The Labute approximate surface area is 169 Å². The number of carbonyl (C=O) groups excluding carboxylic acids is 1. The molecule has 5 nitrogen and oxygen atoms in total. The van der Waals surface area contributed by atoms with Gasteiger partial charge >= 0.3 is 12.1 Å². The lowest BCUT2D eigenvalue weighted by Gasteiger charge is -2.26. The van der Waals surface area contributed by atoms with Crippen LogP contribution in [0.5, 0.6) is 0 Å². The van der Waals surface area contributed by atoms with Gasteiger partial charge in [0.25, 0.3) is 0 Å². The van der Waals surface area contributed by atoms with E-state index in [2.05, 4.69) is 12.1 Å². The van der Waals surface area contributed by atoms with E-state index < -0.39 is 18.1 Å². The molecule has 1 aliphatic rings. The summed E-state index contributed by atoms with van der Waals surface area (Å²) in [5.74, 6) is -1.17. The molecule has 1 N–H and O–H groups in total. The van der Waals surface area contributed by atoms with Crippen molar-refractivity contribution in [1.82, 2.24) is 0 Å². The van der Waals surface area contributed by atoms with E-state index in [1.165, 1.54) is 11.8 Å². The first-order chi connectivity index (χ1) is 14.1. The molecule has 146 valence electrons. The van der Waals surface area contributed by atoms with Gasteiger partial charge in [-0.1, -0.05) is 66.7 Å². The third-order valence-electron chi connectivity index (χ3n) is 5.31. The molecule has 0 aromatic heterocycles.